The molecule has 0 aliphatic carbocycles. The summed E-state index contributed by atoms with van der Waals surface area (Å²) in [6.07, 6.45) is 3.11. The van der Waals surface area contributed by atoms with Crippen molar-refractivity contribution < 1.29 is 4.74 Å². The topological polar surface area (TPSA) is 37.0 Å². The van der Waals surface area contributed by atoms with Crippen LogP contribution in [0.3, 0.4) is 0 Å². The minimum absolute atomic E-state index is 0.710. The van der Waals surface area contributed by atoms with Crippen molar-refractivity contribution in [2.75, 3.05) is 20.2 Å². The highest BCUT2D eigenvalue weighted by molar-refractivity contribution is 5.84. The highest BCUT2D eigenvalue weighted by atomic mass is 16.5. The van der Waals surface area contributed by atoms with Crippen molar-refractivity contribution >= 4 is 10.9 Å². The molecule has 0 fully saturated rings. The molecule has 0 atom stereocenters. The Balaban J connectivity index is 2.31. The molecule has 2 N–H and O–H groups in total. The first kappa shape index (κ1) is 11.0. The van der Waals surface area contributed by atoms with E-state index in [-0.39, 0.29) is 0 Å². The monoisotopic (exact) mass is 218 g/mol. The van der Waals surface area contributed by atoms with Gasteiger partial charge in [-0.2, -0.15) is 0 Å². The number of aromatic amines is 1. The number of benzene rings is 1. The molecule has 2 aromatic rings. The predicted octanol–water partition coefficient (Wildman–Crippen LogP) is 2.33. The van der Waals surface area contributed by atoms with Crippen molar-refractivity contribution in [1.82, 2.24) is 10.3 Å². The van der Waals surface area contributed by atoms with Gasteiger partial charge in [-0.25, -0.2) is 0 Å². The van der Waals surface area contributed by atoms with Crippen molar-refractivity contribution in [1.29, 1.82) is 0 Å². The fraction of sp³-hybridized carbons (Fsp3) is 0.385. The molecular weight excluding hydrogens is 200 g/mol. The Morgan fingerprint density at radius 1 is 1.38 bits per heavy atom. The zero-order chi connectivity index (χ0) is 11.4. The summed E-state index contributed by atoms with van der Waals surface area (Å²) >= 11 is 0. The van der Waals surface area contributed by atoms with Crippen LogP contribution in [0.5, 0.6) is 5.75 Å². The van der Waals surface area contributed by atoms with Crippen LogP contribution in [-0.2, 0) is 6.42 Å². The molecule has 1 heterocycles. The van der Waals surface area contributed by atoms with E-state index in [4.69, 9.17) is 4.74 Å². The molecule has 1 aromatic carbocycles. The van der Waals surface area contributed by atoms with Crippen LogP contribution in [0.1, 0.15) is 12.5 Å². The lowest BCUT2D eigenvalue weighted by Gasteiger charge is -2.03. The van der Waals surface area contributed by atoms with E-state index >= 15 is 0 Å². The molecular formula is C13H18N2O. The van der Waals surface area contributed by atoms with E-state index in [0.717, 1.165) is 18.7 Å². The number of rotatable bonds is 5. The van der Waals surface area contributed by atoms with Crippen molar-refractivity contribution in [3.63, 3.8) is 0 Å². The largest absolute Gasteiger partial charge is 0.494 e. The number of nitrogens with one attached hydrogen (secondary N) is 2. The summed E-state index contributed by atoms with van der Waals surface area (Å²) in [6, 6.07) is 6.19. The van der Waals surface area contributed by atoms with Gasteiger partial charge in [-0.05, 0) is 50.7 Å². The zero-order valence-electron chi connectivity index (χ0n) is 9.84. The van der Waals surface area contributed by atoms with Crippen LogP contribution in [0.4, 0.5) is 0 Å². The second kappa shape index (κ2) is 5.03. The number of ether oxygens (including phenoxy) is 1. The minimum Gasteiger partial charge on any atom is -0.494 e. The van der Waals surface area contributed by atoms with Gasteiger partial charge in [-0.15, -0.1) is 0 Å². The maximum absolute atomic E-state index is 5.51. The van der Waals surface area contributed by atoms with E-state index in [9.17, 15) is 0 Å². The molecule has 0 spiro atoms. The first-order valence-electron chi connectivity index (χ1n) is 5.72. The van der Waals surface area contributed by atoms with Crippen LogP contribution in [0, 0.1) is 0 Å². The van der Waals surface area contributed by atoms with Gasteiger partial charge in [0, 0.05) is 17.1 Å². The quantitative estimate of drug-likeness (QED) is 0.808. The molecule has 0 aliphatic rings. The molecule has 1 aromatic heterocycles. The lowest BCUT2D eigenvalue weighted by Crippen LogP contribution is -2.09. The number of hydrogen-bond acceptors (Lipinski definition) is 2. The van der Waals surface area contributed by atoms with Crippen LogP contribution in [0.25, 0.3) is 10.9 Å². The third-order valence-electron chi connectivity index (χ3n) is 2.69. The average molecular weight is 218 g/mol. The molecule has 0 radical (unpaired) electrons. The summed E-state index contributed by atoms with van der Waals surface area (Å²) in [7, 11) is 1.97. The maximum Gasteiger partial charge on any atom is 0.120 e. The zero-order valence-corrected chi connectivity index (χ0v) is 9.84. The van der Waals surface area contributed by atoms with Gasteiger partial charge in [0.1, 0.15) is 5.75 Å². The van der Waals surface area contributed by atoms with E-state index in [2.05, 4.69) is 28.6 Å². The summed E-state index contributed by atoms with van der Waals surface area (Å²) in [5.74, 6) is 0.945. The second-order valence-electron chi connectivity index (χ2n) is 3.81. The third-order valence-corrected chi connectivity index (χ3v) is 2.69. The lowest BCUT2D eigenvalue weighted by atomic mass is 10.1. The Morgan fingerprint density at radius 3 is 3.00 bits per heavy atom. The Morgan fingerprint density at radius 2 is 2.25 bits per heavy atom. The van der Waals surface area contributed by atoms with Crippen LogP contribution < -0.4 is 10.1 Å². The van der Waals surface area contributed by atoms with Gasteiger partial charge < -0.3 is 15.0 Å². The van der Waals surface area contributed by atoms with Crippen molar-refractivity contribution in [3.8, 4) is 5.75 Å². The average Bonchev–Trinajstić information content (AvgIpc) is 2.69. The van der Waals surface area contributed by atoms with Crippen molar-refractivity contribution in [2.24, 2.45) is 0 Å². The van der Waals surface area contributed by atoms with Crippen molar-refractivity contribution in [3.05, 3.63) is 30.0 Å². The molecule has 3 nitrogen and oxygen atoms in total. The standard InChI is InChI=1S/C13H18N2O/c1-3-16-11-4-5-13-12(8-11)10(9-15-13)6-7-14-2/h4-5,8-9,14-15H,3,6-7H2,1-2H3. The summed E-state index contributed by atoms with van der Waals surface area (Å²) in [4.78, 5) is 3.28. The third kappa shape index (κ3) is 2.19. The molecule has 3 heteroatoms. The number of aromatic nitrogens is 1. The fourth-order valence-corrected chi connectivity index (χ4v) is 1.88. The van der Waals surface area contributed by atoms with Crippen LogP contribution >= 0.6 is 0 Å². The molecule has 2 rings (SSSR count). The molecule has 0 bridgehead atoms. The molecule has 0 amide bonds. The Labute approximate surface area is 95.8 Å². The fourth-order valence-electron chi connectivity index (χ4n) is 1.88. The number of H-pyrrole nitrogens is 1. The minimum atomic E-state index is 0.710. The summed E-state index contributed by atoms with van der Waals surface area (Å²) in [6.45, 7) is 3.71. The van der Waals surface area contributed by atoms with Gasteiger partial charge >= 0.3 is 0 Å². The van der Waals surface area contributed by atoms with Gasteiger partial charge in [0.15, 0.2) is 0 Å². The normalized spacial score (nSPS) is 10.9. The predicted molar refractivity (Wildman–Crippen MR) is 67.1 cm³/mol. The van der Waals surface area contributed by atoms with Crippen molar-refractivity contribution in [2.45, 2.75) is 13.3 Å². The van der Waals surface area contributed by atoms with Gasteiger partial charge in [0.25, 0.3) is 0 Å². The van der Waals surface area contributed by atoms with E-state index < -0.39 is 0 Å². The van der Waals surface area contributed by atoms with Gasteiger partial charge in [0.05, 0.1) is 6.61 Å². The molecule has 0 unspecified atom stereocenters. The SMILES string of the molecule is CCOc1ccc2[nH]cc(CCNC)c2c1. The van der Waals surface area contributed by atoms with Gasteiger partial charge in [-0.1, -0.05) is 0 Å². The van der Waals surface area contributed by atoms with E-state index in [1.165, 1.54) is 16.5 Å². The second-order valence-corrected chi connectivity index (χ2v) is 3.81. The summed E-state index contributed by atoms with van der Waals surface area (Å²) in [5, 5.41) is 4.43. The van der Waals surface area contributed by atoms with Gasteiger partial charge in [0.2, 0.25) is 0 Å². The summed E-state index contributed by atoms with van der Waals surface area (Å²) in [5.41, 5.74) is 2.51. The van der Waals surface area contributed by atoms with Crippen LogP contribution in [-0.4, -0.2) is 25.2 Å². The molecule has 0 saturated carbocycles. The number of likely N-dealkylation sites (N-methyl/N-ethyl adjacent to an activating group) is 1. The molecule has 0 saturated heterocycles. The number of fused-ring (bicyclic) bond motifs is 1. The molecule has 86 valence electrons. The Bertz CT molecular complexity index is 462. The molecule has 16 heavy (non-hydrogen) atoms. The Kier molecular flexibility index (Phi) is 3.47. The van der Waals surface area contributed by atoms with Crippen LogP contribution in [0.2, 0.25) is 0 Å². The van der Waals surface area contributed by atoms with Crippen LogP contribution in [0.15, 0.2) is 24.4 Å². The maximum atomic E-state index is 5.51. The number of hydrogen-bond donors (Lipinski definition) is 2. The smallest absolute Gasteiger partial charge is 0.120 e. The highest BCUT2D eigenvalue weighted by Crippen LogP contribution is 2.23. The Hall–Kier alpha value is -1.48. The first-order chi connectivity index (χ1) is 7.85. The summed E-state index contributed by atoms with van der Waals surface area (Å²) < 4.78 is 5.51. The van der Waals surface area contributed by atoms with E-state index in [0.29, 0.717) is 6.61 Å². The highest BCUT2D eigenvalue weighted by Gasteiger charge is 2.04. The molecule has 0 aliphatic heterocycles. The van der Waals surface area contributed by atoms with E-state index in [1.807, 2.05) is 20.0 Å². The van der Waals surface area contributed by atoms with E-state index in [1.54, 1.807) is 0 Å². The lowest BCUT2D eigenvalue weighted by molar-refractivity contribution is 0.340. The first-order valence-corrected chi connectivity index (χ1v) is 5.72. The van der Waals surface area contributed by atoms with Gasteiger partial charge in [-0.3, -0.25) is 0 Å².